The van der Waals surface area contributed by atoms with Gasteiger partial charge in [0.2, 0.25) is 5.91 Å². The van der Waals surface area contributed by atoms with Crippen molar-refractivity contribution < 1.29 is 9.53 Å². The van der Waals surface area contributed by atoms with Crippen molar-refractivity contribution >= 4 is 39.1 Å². The van der Waals surface area contributed by atoms with Crippen molar-refractivity contribution in [1.82, 2.24) is 0 Å². The third-order valence-corrected chi connectivity index (χ3v) is 4.76. The molecule has 0 aromatic heterocycles. The molecule has 5 heteroatoms. The Balaban J connectivity index is 1.81. The van der Waals surface area contributed by atoms with Gasteiger partial charge in [0.1, 0.15) is 5.75 Å². The van der Waals surface area contributed by atoms with Crippen molar-refractivity contribution in [2.24, 2.45) is 0 Å². The van der Waals surface area contributed by atoms with E-state index in [0.29, 0.717) is 16.5 Å². The Labute approximate surface area is 142 Å². The molecule has 3 nitrogen and oxygen atoms in total. The molecule has 0 unspecified atom stereocenters. The number of nitrogens with one attached hydrogen (secondary N) is 1. The summed E-state index contributed by atoms with van der Waals surface area (Å²) in [7, 11) is 1.56. The number of methoxy groups -OCH3 is 1. The summed E-state index contributed by atoms with van der Waals surface area (Å²) in [5.41, 5.74) is 1.30. The molecule has 1 fully saturated rings. The molecular weight excluding hydrogens is 366 g/mol. The number of hydrogen-bond donors (Lipinski definition) is 1. The Kier molecular flexibility index (Phi) is 4.15. The lowest BCUT2D eigenvalue weighted by molar-refractivity contribution is -0.118. The molecule has 2 aromatic carbocycles. The van der Waals surface area contributed by atoms with E-state index in [2.05, 4.69) is 21.2 Å². The Morgan fingerprint density at radius 2 is 2.05 bits per heavy atom. The van der Waals surface area contributed by atoms with E-state index in [9.17, 15) is 4.79 Å². The van der Waals surface area contributed by atoms with E-state index >= 15 is 0 Å². The topological polar surface area (TPSA) is 38.3 Å². The van der Waals surface area contributed by atoms with Gasteiger partial charge in [0, 0.05) is 10.2 Å². The number of anilines is 1. The van der Waals surface area contributed by atoms with Crippen molar-refractivity contribution in [3.05, 3.63) is 57.5 Å². The molecule has 0 radical (unpaired) electrons. The summed E-state index contributed by atoms with van der Waals surface area (Å²) in [4.78, 5) is 12.7. The van der Waals surface area contributed by atoms with Crippen LogP contribution in [0.15, 0.2) is 46.9 Å². The summed E-state index contributed by atoms with van der Waals surface area (Å²) in [5.74, 6) is 0.597. The minimum absolute atomic E-state index is 0.00633. The third-order valence-electron chi connectivity index (χ3n) is 3.97. The zero-order chi connectivity index (χ0) is 15.7. The van der Waals surface area contributed by atoms with E-state index in [1.54, 1.807) is 25.3 Å². The molecule has 0 spiro atoms. The second kappa shape index (κ2) is 5.94. The SMILES string of the molecule is COc1ccc(NC(=O)C2(c3cccc(Br)c3)CC2)cc1Cl. The van der Waals surface area contributed by atoms with Gasteiger partial charge in [0.15, 0.2) is 0 Å². The standard InChI is InChI=1S/C17H15BrClNO2/c1-22-15-6-5-13(10-14(15)19)20-16(21)17(7-8-17)11-3-2-4-12(18)9-11/h2-6,9-10H,7-8H2,1H3,(H,20,21). The van der Waals surface area contributed by atoms with Gasteiger partial charge in [0.05, 0.1) is 17.5 Å². The largest absolute Gasteiger partial charge is 0.495 e. The molecule has 3 rings (SSSR count). The van der Waals surface area contributed by atoms with E-state index in [1.807, 2.05) is 24.3 Å². The smallest absolute Gasteiger partial charge is 0.235 e. The highest BCUT2D eigenvalue weighted by molar-refractivity contribution is 9.10. The van der Waals surface area contributed by atoms with E-state index in [4.69, 9.17) is 16.3 Å². The number of ether oxygens (including phenoxy) is 1. The van der Waals surface area contributed by atoms with Crippen molar-refractivity contribution in [2.75, 3.05) is 12.4 Å². The van der Waals surface area contributed by atoms with Crippen molar-refractivity contribution in [1.29, 1.82) is 0 Å². The highest BCUT2D eigenvalue weighted by Crippen LogP contribution is 2.49. The predicted molar refractivity (Wildman–Crippen MR) is 91.7 cm³/mol. The van der Waals surface area contributed by atoms with Crippen LogP contribution in [0, 0.1) is 0 Å². The minimum Gasteiger partial charge on any atom is -0.495 e. The first-order valence-electron chi connectivity index (χ1n) is 6.96. The maximum atomic E-state index is 12.7. The molecule has 1 aliphatic carbocycles. The summed E-state index contributed by atoms with van der Waals surface area (Å²) in [5, 5.41) is 3.44. The molecule has 22 heavy (non-hydrogen) atoms. The lowest BCUT2D eigenvalue weighted by atomic mass is 9.95. The molecular formula is C17H15BrClNO2. The summed E-state index contributed by atoms with van der Waals surface area (Å²) in [6.07, 6.45) is 1.72. The van der Waals surface area contributed by atoms with Gasteiger partial charge >= 0.3 is 0 Å². The van der Waals surface area contributed by atoms with Crippen molar-refractivity contribution in [2.45, 2.75) is 18.3 Å². The zero-order valence-electron chi connectivity index (χ0n) is 12.0. The summed E-state index contributed by atoms with van der Waals surface area (Å²) >= 11 is 9.56. The molecule has 1 saturated carbocycles. The molecule has 0 atom stereocenters. The van der Waals surface area contributed by atoms with Crippen LogP contribution in [0.2, 0.25) is 5.02 Å². The van der Waals surface area contributed by atoms with Gasteiger partial charge in [-0.3, -0.25) is 4.79 Å². The van der Waals surface area contributed by atoms with Crippen LogP contribution in [0.4, 0.5) is 5.69 Å². The number of amides is 1. The van der Waals surface area contributed by atoms with E-state index < -0.39 is 5.41 Å². The minimum atomic E-state index is -0.420. The Bertz CT molecular complexity index is 728. The number of carbonyl (C=O) groups is 1. The number of rotatable bonds is 4. The molecule has 0 bridgehead atoms. The van der Waals surface area contributed by atoms with Gasteiger partial charge in [0.25, 0.3) is 0 Å². The molecule has 1 amide bonds. The molecule has 1 N–H and O–H groups in total. The number of hydrogen-bond acceptors (Lipinski definition) is 2. The monoisotopic (exact) mass is 379 g/mol. The van der Waals surface area contributed by atoms with Gasteiger partial charge in [-0.05, 0) is 48.7 Å². The lowest BCUT2D eigenvalue weighted by Gasteiger charge is -2.16. The van der Waals surface area contributed by atoms with E-state index in [-0.39, 0.29) is 5.91 Å². The van der Waals surface area contributed by atoms with Gasteiger partial charge in [-0.1, -0.05) is 39.7 Å². The third kappa shape index (κ3) is 2.85. The van der Waals surface area contributed by atoms with Crippen LogP contribution in [-0.2, 0) is 10.2 Å². The van der Waals surface area contributed by atoms with Gasteiger partial charge in [-0.15, -0.1) is 0 Å². The lowest BCUT2D eigenvalue weighted by Crippen LogP contribution is -2.27. The van der Waals surface area contributed by atoms with Gasteiger partial charge in [-0.25, -0.2) is 0 Å². The Morgan fingerprint density at radius 3 is 2.64 bits per heavy atom. The second-order valence-electron chi connectivity index (χ2n) is 5.40. The molecule has 0 heterocycles. The zero-order valence-corrected chi connectivity index (χ0v) is 14.4. The Morgan fingerprint density at radius 1 is 1.27 bits per heavy atom. The molecule has 114 valence electrons. The normalized spacial score (nSPS) is 15.2. The first-order chi connectivity index (χ1) is 10.5. The van der Waals surface area contributed by atoms with Gasteiger partial charge in [-0.2, -0.15) is 0 Å². The number of benzene rings is 2. The van der Waals surface area contributed by atoms with Crippen molar-refractivity contribution in [3.8, 4) is 5.75 Å². The molecule has 0 aliphatic heterocycles. The average molecular weight is 381 g/mol. The fraction of sp³-hybridized carbons (Fsp3) is 0.235. The maximum absolute atomic E-state index is 12.7. The summed E-state index contributed by atoms with van der Waals surface area (Å²) in [6.45, 7) is 0. The summed E-state index contributed by atoms with van der Waals surface area (Å²) < 4.78 is 6.10. The van der Waals surface area contributed by atoms with Crippen LogP contribution in [0.3, 0.4) is 0 Å². The van der Waals surface area contributed by atoms with Crippen LogP contribution in [0.25, 0.3) is 0 Å². The number of halogens is 2. The second-order valence-corrected chi connectivity index (χ2v) is 6.72. The summed E-state index contributed by atoms with van der Waals surface area (Å²) in [6, 6.07) is 13.2. The van der Waals surface area contributed by atoms with Crippen LogP contribution < -0.4 is 10.1 Å². The first kappa shape index (κ1) is 15.4. The predicted octanol–water partition coefficient (Wildman–Crippen LogP) is 4.78. The fourth-order valence-electron chi connectivity index (χ4n) is 2.55. The number of carbonyl (C=O) groups excluding carboxylic acids is 1. The average Bonchev–Trinajstić information content (AvgIpc) is 3.29. The van der Waals surface area contributed by atoms with Crippen LogP contribution >= 0.6 is 27.5 Å². The maximum Gasteiger partial charge on any atom is 0.235 e. The quantitative estimate of drug-likeness (QED) is 0.829. The van der Waals surface area contributed by atoms with Crippen LogP contribution in [-0.4, -0.2) is 13.0 Å². The van der Waals surface area contributed by atoms with Crippen LogP contribution in [0.5, 0.6) is 5.75 Å². The van der Waals surface area contributed by atoms with E-state index in [1.165, 1.54) is 0 Å². The van der Waals surface area contributed by atoms with Crippen LogP contribution in [0.1, 0.15) is 18.4 Å². The van der Waals surface area contributed by atoms with E-state index in [0.717, 1.165) is 22.9 Å². The first-order valence-corrected chi connectivity index (χ1v) is 8.13. The molecule has 2 aromatic rings. The molecule has 1 aliphatic rings. The van der Waals surface area contributed by atoms with Gasteiger partial charge < -0.3 is 10.1 Å². The fourth-order valence-corrected chi connectivity index (χ4v) is 3.21. The Hall–Kier alpha value is -1.52. The van der Waals surface area contributed by atoms with Crippen molar-refractivity contribution in [3.63, 3.8) is 0 Å². The highest BCUT2D eigenvalue weighted by Gasteiger charge is 2.51. The highest BCUT2D eigenvalue weighted by atomic mass is 79.9. The molecule has 0 saturated heterocycles.